The smallest absolute Gasteiger partial charge is 0.319 e. The molecule has 0 N–H and O–H groups in total. The quantitative estimate of drug-likeness (QED) is 0.465. The van der Waals surface area contributed by atoms with Crippen LogP contribution >= 0.6 is 11.8 Å². The highest BCUT2D eigenvalue weighted by Gasteiger charge is 2.19. The van der Waals surface area contributed by atoms with E-state index in [1.54, 1.807) is 0 Å². The SMILES string of the molecule is CCCCOC(=O)C(C)Sc1nc2ccccc2n1C. The summed E-state index contributed by atoms with van der Waals surface area (Å²) >= 11 is 1.44. The fraction of sp³-hybridized carbons (Fsp3) is 0.467. The van der Waals surface area contributed by atoms with E-state index in [9.17, 15) is 4.79 Å². The normalized spacial score (nSPS) is 12.6. The Hall–Kier alpha value is -1.49. The number of hydrogen-bond donors (Lipinski definition) is 0. The highest BCUT2D eigenvalue weighted by atomic mass is 32.2. The van der Waals surface area contributed by atoms with Gasteiger partial charge in [-0.05, 0) is 25.5 Å². The monoisotopic (exact) mass is 292 g/mol. The minimum Gasteiger partial charge on any atom is -0.465 e. The van der Waals surface area contributed by atoms with E-state index in [1.165, 1.54) is 11.8 Å². The van der Waals surface area contributed by atoms with Crippen molar-refractivity contribution in [3.63, 3.8) is 0 Å². The van der Waals surface area contributed by atoms with E-state index in [0.29, 0.717) is 6.61 Å². The second kappa shape index (κ2) is 6.79. The number of fused-ring (bicyclic) bond motifs is 1. The van der Waals surface area contributed by atoms with E-state index in [1.807, 2.05) is 42.8 Å². The zero-order chi connectivity index (χ0) is 14.5. The van der Waals surface area contributed by atoms with Crippen LogP contribution < -0.4 is 0 Å². The van der Waals surface area contributed by atoms with Gasteiger partial charge >= 0.3 is 5.97 Å². The van der Waals surface area contributed by atoms with Crippen LogP contribution in [-0.4, -0.2) is 27.4 Å². The number of para-hydroxylation sites is 2. The first-order chi connectivity index (χ1) is 9.63. The van der Waals surface area contributed by atoms with Crippen molar-refractivity contribution in [2.45, 2.75) is 37.1 Å². The topological polar surface area (TPSA) is 44.1 Å². The van der Waals surface area contributed by atoms with Crippen LogP contribution in [0.25, 0.3) is 11.0 Å². The number of aryl methyl sites for hydroxylation is 1. The summed E-state index contributed by atoms with van der Waals surface area (Å²) in [6.07, 6.45) is 1.94. The number of esters is 1. The van der Waals surface area contributed by atoms with E-state index >= 15 is 0 Å². The third kappa shape index (κ3) is 3.33. The molecular formula is C15H20N2O2S. The molecule has 1 aromatic heterocycles. The lowest BCUT2D eigenvalue weighted by Gasteiger charge is -2.10. The number of carbonyl (C=O) groups excluding carboxylic acids is 1. The highest BCUT2D eigenvalue weighted by molar-refractivity contribution is 8.00. The molecule has 20 heavy (non-hydrogen) atoms. The number of ether oxygens (including phenoxy) is 1. The minimum atomic E-state index is -0.248. The molecule has 0 bridgehead atoms. The van der Waals surface area contributed by atoms with E-state index in [-0.39, 0.29) is 11.2 Å². The predicted octanol–water partition coefficient (Wildman–Crippen LogP) is 3.40. The van der Waals surface area contributed by atoms with Gasteiger partial charge in [0.2, 0.25) is 0 Å². The van der Waals surface area contributed by atoms with Crippen molar-refractivity contribution in [3.8, 4) is 0 Å². The van der Waals surface area contributed by atoms with Gasteiger partial charge in [-0.1, -0.05) is 37.2 Å². The van der Waals surface area contributed by atoms with Gasteiger partial charge in [0, 0.05) is 7.05 Å². The second-order valence-electron chi connectivity index (χ2n) is 4.72. The fourth-order valence-electron chi connectivity index (χ4n) is 1.87. The number of thioether (sulfide) groups is 1. The standard InChI is InChI=1S/C15H20N2O2S/c1-4-5-10-19-14(18)11(2)20-15-16-12-8-6-7-9-13(12)17(15)3/h6-9,11H,4-5,10H2,1-3H3. The van der Waals surface area contributed by atoms with Crippen molar-refractivity contribution in [2.24, 2.45) is 7.05 Å². The molecule has 0 radical (unpaired) electrons. The lowest BCUT2D eigenvalue weighted by Crippen LogP contribution is -2.18. The minimum absolute atomic E-state index is 0.171. The molecule has 1 heterocycles. The third-order valence-corrected chi connectivity index (χ3v) is 4.22. The van der Waals surface area contributed by atoms with Crippen molar-refractivity contribution in [1.29, 1.82) is 0 Å². The molecule has 0 amide bonds. The first-order valence-corrected chi connectivity index (χ1v) is 7.76. The number of hydrogen-bond acceptors (Lipinski definition) is 4. The van der Waals surface area contributed by atoms with Crippen LogP contribution in [0.4, 0.5) is 0 Å². The zero-order valence-corrected chi connectivity index (χ0v) is 12.9. The van der Waals surface area contributed by atoms with Crippen LogP contribution in [0.2, 0.25) is 0 Å². The summed E-state index contributed by atoms with van der Waals surface area (Å²) < 4.78 is 7.24. The Balaban J connectivity index is 2.04. The molecule has 108 valence electrons. The van der Waals surface area contributed by atoms with Crippen LogP contribution in [0.5, 0.6) is 0 Å². The van der Waals surface area contributed by atoms with Crippen LogP contribution in [0.1, 0.15) is 26.7 Å². The number of carbonyl (C=O) groups is 1. The van der Waals surface area contributed by atoms with Crippen LogP contribution in [0.15, 0.2) is 29.4 Å². The molecule has 1 unspecified atom stereocenters. The summed E-state index contributed by atoms with van der Waals surface area (Å²) in [5, 5.41) is 0.591. The Morgan fingerprint density at radius 3 is 2.90 bits per heavy atom. The zero-order valence-electron chi connectivity index (χ0n) is 12.1. The van der Waals surface area contributed by atoms with Crippen LogP contribution in [-0.2, 0) is 16.6 Å². The maximum Gasteiger partial charge on any atom is 0.319 e. The first-order valence-electron chi connectivity index (χ1n) is 6.88. The summed E-state index contributed by atoms with van der Waals surface area (Å²) in [5.74, 6) is -0.171. The number of unbranched alkanes of at least 4 members (excludes halogenated alkanes) is 1. The molecule has 2 rings (SSSR count). The van der Waals surface area contributed by atoms with Crippen molar-refractivity contribution >= 4 is 28.8 Å². The fourth-order valence-corrected chi connectivity index (χ4v) is 2.76. The summed E-state index contributed by atoms with van der Waals surface area (Å²) in [4.78, 5) is 16.4. The Kier molecular flexibility index (Phi) is 5.06. The molecule has 0 aliphatic rings. The van der Waals surface area contributed by atoms with Crippen molar-refractivity contribution in [2.75, 3.05) is 6.61 Å². The first kappa shape index (κ1) is 14.9. The van der Waals surface area contributed by atoms with Gasteiger partial charge in [-0.2, -0.15) is 0 Å². The molecule has 2 aromatic rings. The lowest BCUT2D eigenvalue weighted by molar-refractivity contribution is -0.142. The van der Waals surface area contributed by atoms with Crippen molar-refractivity contribution in [1.82, 2.24) is 9.55 Å². The largest absolute Gasteiger partial charge is 0.465 e. The van der Waals surface area contributed by atoms with Gasteiger partial charge < -0.3 is 9.30 Å². The van der Waals surface area contributed by atoms with E-state index in [0.717, 1.165) is 29.0 Å². The molecule has 0 aliphatic carbocycles. The molecule has 5 heteroatoms. The molecular weight excluding hydrogens is 272 g/mol. The second-order valence-corrected chi connectivity index (χ2v) is 6.03. The third-order valence-electron chi connectivity index (χ3n) is 3.10. The summed E-state index contributed by atoms with van der Waals surface area (Å²) in [7, 11) is 1.97. The van der Waals surface area contributed by atoms with Gasteiger partial charge in [-0.15, -0.1) is 0 Å². The molecule has 1 atom stereocenters. The van der Waals surface area contributed by atoms with Crippen molar-refractivity contribution < 1.29 is 9.53 Å². The highest BCUT2D eigenvalue weighted by Crippen LogP contribution is 2.26. The molecule has 0 saturated carbocycles. The molecule has 0 aliphatic heterocycles. The van der Waals surface area contributed by atoms with Gasteiger partial charge in [0.05, 0.1) is 17.6 Å². The maximum atomic E-state index is 11.9. The van der Waals surface area contributed by atoms with E-state index in [2.05, 4.69) is 11.9 Å². The predicted molar refractivity (Wildman–Crippen MR) is 81.9 cm³/mol. The molecule has 0 spiro atoms. The molecule has 4 nitrogen and oxygen atoms in total. The Labute approximate surface area is 123 Å². The molecule has 0 fully saturated rings. The van der Waals surface area contributed by atoms with Gasteiger partial charge in [0.1, 0.15) is 5.25 Å². The van der Waals surface area contributed by atoms with Crippen LogP contribution in [0, 0.1) is 0 Å². The Morgan fingerprint density at radius 1 is 1.45 bits per heavy atom. The average Bonchev–Trinajstić information content (AvgIpc) is 2.76. The van der Waals surface area contributed by atoms with E-state index < -0.39 is 0 Å². The van der Waals surface area contributed by atoms with Crippen molar-refractivity contribution in [3.05, 3.63) is 24.3 Å². The summed E-state index contributed by atoms with van der Waals surface area (Å²) in [6, 6.07) is 7.95. The van der Waals surface area contributed by atoms with E-state index in [4.69, 9.17) is 4.74 Å². The van der Waals surface area contributed by atoms with Gasteiger partial charge in [0.15, 0.2) is 5.16 Å². The van der Waals surface area contributed by atoms with Gasteiger partial charge in [0.25, 0.3) is 0 Å². The number of imidazole rings is 1. The number of aromatic nitrogens is 2. The number of rotatable bonds is 6. The average molecular weight is 292 g/mol. The maximum absolute atomic E-state index is 11.9. The van der Waals surface area contributed by atoms with Gasteiger partial charge in [-0.3, -0.25) is 4.79 Å². The Morgan fingerprint density at radius 2 is 2.20 bits per heavy atom. The number of benzene rings is 1. The lowest BCUT2D eigenvalue weighted by atomic mass is 10.3. The molecule has 1 aromatic carbocycles. The number of nitrogens with zero attached hydrogens (tertiary/aromatic N) is 2. The summed E-state index contributed by atoms with van der Waals surface area (Å²) in [5.41, 5.74) is 2.02. The van der Waals surface area contributed by atoms with Crippen LogP contribution in [0.3, 0.4) is 0 Å². The summed E-state index contributed by atoms with van der Waals surface area (Å²) in [6.45, 7) is 4.44. The molecule has 0 saturated heterocycles. The Bertz CT molecular complexity index is 595. The van der Waals surface area contributed by atoms with Gasteiger partial charge in [-0.25, -0.2) is 4.98 Å².